The molecule has 0 bridgehead atoms. The summed E-state index contributed by atoms with van der Waals surface area (Å²) in [6, 6.07) is -4.65. The number of aromatic nitrogens is 2. The van der Waals surface area contributed by atoms with E-state index in [0.717, 1.165) is 0 Å². The minimum atomic E-state index is -1.35. The molecule has 0 aliphatic rings. The second-order valence-corrected chi connectivity index (χ2v) is 7.45. The highest BCUT2D eigenvalue weighted by molar-refractivity contribution is 7.80. The normalized spacial score (nSPS) is 15.8. The Morgan fingerprint density at radius 3 is 2.29 bits per heavy atom. The molecule has 0 fully saturated rings. The van der Waals surface area contributed by atoms with E-state index < -0.39 is 54.5 Å². The number of carbonyl (C=O) groups is 4. The van der Waals surface area contributed by atoms with Gasteiger partial charge in [-0.25, -0.2) is 9.78 Å². The van der Waals surface area contributed by atoms with Crippen molar-refractivity contribution < 1.29 is 29.4 Å². The van der Waals surface area contributed by atoms with Gasteiger partial charge in [-0.2, -0.15) is 12.6 Å². The summed E-state index contributed by atoms with van der Waals surface area (Å²) >= 11 is 3.90. The molecule has 31 heavy (non-hydrogen) atoms. The molecule has 3 amide bonds. The molecule has 0 radical (unpaired) electrons. The third kappa shape index (κ3) is 8.19. The van der Waals surface area contributed by atoms with E-state index in [4.69, 9.17) is 10.8 Å². The molecule has 0 aromatic carbocycles. The molecule has 0 saturated carbocycles. The summed E-state index contributed by atoms with van der Waals surface area (Å²) in [7, 11) is 0. The van der Waals surface area contributed by atoms with Crippen LogP contribution in [0.4, 0.5) is 0 Å². The number of aromatic amines is 1. The van der Waals surface area contributed by atoms with E-state index in [1.54, 1.807) is 13.8 Å². The van der Waals surface area contributed by atoms with Gasteiger partial charge in [0.15, 0.2) is 0 Å². The number of H-pyrrole nitrogens is 1. The van der Waals surface area contributed by atoms with Crippen LogP contribution in [0.1, 0.15) is 26.0 Å². The predicted molar refractivity (Wildman–Crippen MR) is 114 cm³/mol. The van der Waals surface area contributed by atoms with Crippen molar-refractivity contribution >= 4 is 36.3 Å². The summed E-state index contributed by atoms with van der Waals surface area (Å²) in [5, 5.41) is 25.8. The smallest absolute Gasteiger partial charge is 0.327 e. The van der Waals surface area contributed by atoms with Crippen LogP contribution in [0.25, 0.3) is 0 Å². The zero-order chi connectivity index (χ0) is 23.6. The van der Waals surface area contributed by atoms with Gasteiger partial charge in [0.25, 0.3) is 0 Å². The number of carbonyl (C=O) groups excluding carboxylic acids is 3. The number of aliphatic hydroxyl groups excluding tert-OH is 1. The van der Waals surface area contributed by atoms with Crippen LogP contribution in [0.15, 0.2) is 12.5 Å². The summed E-state index contributed by atoms with van der Waals surface area (Å²) in [5.74, 6) is -3.92. The van der Waals surface area contributed by atoms with E-state index in [0.29, 0.717) is 12.1 Å². The van der Waals surface area contributed by atoms with Crippen molar-refractivity contribution in [2.24, 2.45) is 11.7 Å². The highest BCUT2D eigenvalue weighted by atomic mass is 32.1. The summed E-state index contributed by atoms with van der Waals surface area (Å²) in [6.45, 7) is 2.77. The number of rotatable bonds is 13. The van der Waals surface area contributed by atoms with E-state index in [2.05, 4.69) is 38.5 Å². The molecule has 1 aromatic rings. The molecule has 5 atom stereocenters. The molecular formula is C18H30N6O6S. The SMILES string of the molecule is CCC(C)C(NC(=O)C(CO)NC(=O)C(N)Cc1cnc[nH]1)C(=O)NC(CS)C(=O)O. The molecule has 8 N–H and O–H groups in total. The van der Waals surface area contributed by atoms with Crippen molar-refractivity contribution in [2.75, 3.05) is 12.4 Å². The predicted octanol–water partition coefficient (Wildman–Crippen LogP) is -2.21. The van der Waals surface area contributed by atoms with Crippen molar-refractivity contribution in [2.45, 2.75) is 50.9 Å². The first-order chi connectivity index (χ1) is 14.6. The lowest BCUT2D eigenvalue weighted by atomic mass is 9.97. The molecule has 0 aliphatic heterocycles. The molecule has 174 valence electrons. The molecule has 13 heteroatoms. The van der Waals surface area contributed by atoms with E-state index in [9.17, 15) is 24.3 Å². The van der Waals surface area contributed by atoms with Crippen LogP contribution in [0.2, 0.25) is 0 Å². The van der Waals surface area contributed by atoms with Crippen molar-refractivity contribution in [1.29, 1.82) is 0 Å². The Bertz CT molecular complexity index is 746. The average molecular weight is 459 g/mol. The maximum Gasteiger partial charge on any atom is 0.327 e. The van der Waals surface area contributed by atoms with Crippen molar-refractivity contribution in [3.63, 3.8) is 0 Å². The number of thiol groups is 1. The lowest BCUT2D eigenvalue weighted by Crippen LogP contribution is -2.59. The largest absolute Gasteiger partial charge is 0.480 e. The molecular weight excluding hydrogens is 428 g/mol. The van der Waals surface area contributed by atoms with Gasteiger partial charge < -0.3 is 36.9 Å². The maximum absolute atomic E-state index is 12.6. The summed E-state index contributed by atoms with van der Waals surface area (Å²) < 4.78 is 0. The number of hydrogen-bond acceptors (Lipinski definition) is 8. The van der Waals surface area contributed by atoms with Crippen LogP contribution in [-0.4, -0.2) is 80.4 Å². The van der Waals surface area contributed by atoms with Gasteiger partial charge in [-0.15, -0.1) is 0 Å². The minimum Gasteiger partial charge on any atom is -0.480 e. The average Bonchev–Trinajstić information content (AvgIpc) is 3.25. The number of carboxylic acid groups (broad SMARTS) is 1. The summed E-state index contributed by atoms with van der Waals surface area (Å²) in [4.78, 5) is 55.3. The van der Waals surface area contributed by atoms with Gasteiger partial charge in [-0.05, 0) is 5.92 Å². The lowest BCUT2D eigenvalue weighted by Gasteiger charge is -2.27. The zero-order valence-corrected chi connectivity index (χ0v) is 18.3. The second kappa shape index (κ2) is 12.9. The number of nitrogens with two attached hydrogens (primary N) is 1. The van der Waals surface area contributed by atoms with Gasteiger partial charge >= 0.3 is 5.97 Å². The van der Waals surface area contributed by atoms with Crippen LogP contribution in [0.5, 0.6) is 0 Å². The third-order valence-electron chi connectivity index (χ3n) is 4.74. The Balaban J connectivity index is 2.80. The Morgan fingerprint density at radius 1 is 1.16 bits per heavy atom. The quantitative estimate of drug-likeness (QED) is 0.152. The van der Waals surface area contributed by atoms with Crippen LogP contribution < -0.4 is 21.7 Å². The molecule has 1 heterocycles. The van der Waals surface area contributed by atoms with Gasteiger partial charge in [-0.3, -0.25) is 14.4 Å². The number of nitrogens with zero attached hydrogens (tertiary/aromatic N) is 1. The molecule has 0 aliphatic carbocycles. The Kier molecular flexibility index (Phi) is 11.0. The number of amides is 3. The fourth-order valence-corrected chi connectivity index (χ4v) is 2.85. The minimum absolute atomic E-state index is 0.133. The fourth-order valence-electron chi connectivity index (χ4n) is 2.60. The highest BCUT2D eigenvalue weighted by Crippen LogP contribution is 2.09. The van der Waals surface area contributed by atoms with Gasteiger partial charge in [0, 0.05) is 24.1 Å². The van der Waals surface area contributed by atoms with Crippen molar-refractivity contribution in [3.05, 3.63) is 18.2 Å². The Hall–Kier alpha value is -2.64. The maximum atomic E-state index is 12.6. The Labute approximate surface area is 185 Å². The molecule has 0 saturated heterocycles. The molecule has 1 aromatic heterocycles. The molecule has 1 rings (SSSR count). The van der Waals surface area contributed by atoms with Gasteiger partial charge in [0.05, 0.1) is 19.0 Å². The molecule has 0 spiro atoms. The van der Waals surface area contributed by atoms with E-state index in [-0.39, 0.29) is 18.1 Å². The number of aliphatic carboxylic acids is 1. The van der Waals surface area contributed by atoms with E-state index >= 15 is 0 Å². The van der Waals surface area contributed by atoms with Gasteiger partial charge in [-0.1, -0.05) is 20.3 Å². The number of imidazole rings is 1. The van der Waals surface area contributed by atoms with Gasteiger partial charge in [0.1, 0.15) is 18.1 Å². The second-order valence-electron chi connectivity index (χ2n) is 7.08. The lowest BCUT2D eigenvalue weighted by molar-refractivity contribution is -0.142. The topological polar surface area (TPSA) is 200 Å². The van der Waals surface area contributed by atoms with Crippen molar-refractivity contribution in [3.8, 4) is 0 Å². The van der Waals surface area contributed by atoms with Crippen molar-refractivity contribution in [1.82, 2.24) is 25.9 Å². The fraction of sp³-hybridized carbons (Fsp3) is 0.611. The third-order valence-corrected chi connectivity index (χ3v) is 5.10. The molecule has 12 nitrogen and oxygen atoms in total. The van der Waals surface area contributed by atoms with Crippen LogP contribution >= 0.6 is 12.6 Å². The van der Waals surface area contributed by atoms with Gasteiger partial charge in [0.2, 0.25) is 17.7 Å². The van der Waals surface area contributed by atoms with E-state index in [1.165, 1.54) is 12.5 Å². The monoisotopic (exact) mass is 458 g/mol. The first kappa shape index (κ1) is 26.4. The number of hydrogen-bond donors (Lipinski definition) is 8. The zero-order valence-electron chi connectivity index (χ0n) is 17.4. The number of aliphatic hydroxyl groups is 1. The first-order valence-corrected chi connectivity index (χ1v) is 10.4. The first-order valence-electron chi connectivity index (χ1n) is 9.72. The molecule has 5 unspecified atom stereocenters. The van der Waals surface area contributed by atoms with E-state index in [1.807, 2.05) is 0 Å². The van der Waals surface area contributed by atoms with Crippen LogP contribution in [-0.2, 0) is 25.6 Å². The summed E-state index contributed by atoms with van der Waals surface area (Å²) in [5.41, 5.74) is 6.45. The van der Waals surface area contributed by atoms with Crippen LogP contribution in [0, 0.1) is 5.92 Å². The Morgan fingerprint density at radius 2 is 1.81 bits per heavy atom. The summed E-state index contributed by atoms with van der Waals surface area (Å²) in [6.07, 6.45) is 3.59. The number of carboxylic acids is 1. The highest BCUT2D eigenvalue weighted by Gasteiger charge is 2.32. The standard InChI is InChI=1S/C18H30N6O6S/c1-3-9(2)14(17(28)23-13(7-31)18(29)30)24-16(27)12(6-25)22-15(26)11(19)4-10-5-20-8-21-10/h5,8-9,11-14,25,31H,3-4,6-7,19H2,1-2H3,(H,20,21)(H,22,26)(H,23,28)(H,24,27)(H,29,30). The number of nitrogens with one attached hydrogen (secondary N) is 4. The van der Waals surface area contributed by atoms with Crippen LogP contribution in [0.3, 0.4) is 0 Å².